The number of carboxylic acid groups (broad SMARTS) is 1. The highest BCUT2D eigenvalue weighted by molar-refractivity contribution is 5.93. The van der Waals surface area contributed by atoms with Gasteiger partial charge in [0.25, 0.3) is 0 Å². The Morgan fingerprint density at radius 2 is 2.06 bits per heavy atom. The van der Waals surface area contributed by atoms with Crippen LogP contribution in [-0.4, -0.2) is 48.6 Å². The number of hydrogen-bond acceptors (Lipinski definition) is 3. The zero-order chi connectivity index (χ0) is 12.1. The number of hydrogen-bond donors (Lipinski definition) is 2. The number of carbonyl (C=O) groups is 2. The lowest BCUT2D eigenvalue weighted by atomic mass is 10.0. The van der Waals surface area contributed by atoms with Crippen LogP contribution >= 0.6 is 0 Å². The second kappa shape index (κ2) is 5.65. The average molecular weight is 226 g/mol. The fourth-order valence-electron chi connectivity index (χ4n) is 1.52. The first-order valence-electron chi connectivity index (χ1n) is 5.39. The number of rotatable bonds is 5. The van der Waals surface area contributed by atoms with Crippen molar-refractivity contribution in [3.63, 3.8) is 0 Å². The van der Waals surface area contributed by atoms with Crippen LogP contribution in [0.4, 0.5) is 0 Å². The minimum Gasteiger partial charge on any atom is -0.481 e. The normalized spacial score (nSPS) is 14.2. The zero-order valence-corrected chi connectivity index (χ0v) is 9.75. The summed E-state index contributed by atoms with van der Waals surface area (Å²) >= 11 is 0. The highest BCUT2D eigenvalue weighted by atomic mass is 16.4. The summed E-state index contributed by atoms with van der Waals surface area (Å²) in [5.74, 6) is -0.819. The molecule has 1 rings (SSSR count). The molecule has 5 nitrogen and oxygen atoms in total. The lowest BCUT2D eigenvalue weighted by molar-refractivity contribution is -0.137. The largest absolute Gasteiger partial charge is 0.481 e. The van der Waals surface area contributed by atoms with Crippen LogP contribution in [0.25, 0.3) is 0 Å². The van der Waals surface area contributed by atoms with E-state index in [-0.39, 0.29) is 12.3 Å². The summed E-state index contributed by atoms with van der Waals surface area (Å²) in [7, 11) is 1.71. The standard InChI is InChI=1S/C11H18N2O3/c1-8(9-6-12-7-9)11(16)13(2)5-3-4-10(14)15/h12H,3-7H2,1-2H3,(H,14,15). The monoisotopic (exact) mass is 226 g/mol. The summed E-state index contributed by atoms with van der Waals surface area (Å²) in [6, 6.07) is 0. The third-order valence-electron chi connectivity index (χ3n) is 2.76. The minimum absolute atomic E-state index is 0.00175. The molecule has 90 valence electrons. The molecule has 0 aromatic carbocycles. The van der Waals surface area contributed by atoms with Crippen LogP contribution in [-0.2, 0) is 9.59 Å². The average Bonchev–Trinajstić information content (AvgIpc) is 2.13. The van der Waals surface area contributed by atoms with E-state index in [9.17, 15) is 9.59 Å². The Balaban J connectivity index is 2.38. The predicted octanol–water partition coefficient (Wildman–Crippen LogP) is 0.229. The van der Waals surface area contributed by atoms with Gasteiger partial charge in [0.15, 0.2) is 0 Å². The molecule has 0 atom stereocenters. The number of nitrogens with one attached hydrogen (secondary N) is 1. The summed E-state index contributed by atoms with van der Waals surface area (Å²) in [5, 5.41) is 11.6. The number of likely N-dealkylation sites (N-methyl/N-ethyl adjacent to an activating group) is 1. The van der Waals surface area contributed by atoms with Crippen LogP contribution < -0.4 is 5.32 Å². The summed E-state index contributed by atoms with van der Waals surface area (Å²) in [6.07, 6.45) is 0.604. The Hall–Kier alpha value is -1.36. The number of carbonyl (C=O) groups excluding carboxylic acids is 1. The lowest BCUT2D eigenvalue weighted by Gasteiger charge is -2.24. The van der Waals surface area contributed by atoms with Gasteiger partial charge in [0, 0.05) is 38.7 Å². The second-order valence-electron chi connectivity index (χ2n) is 4.06. The van der Waals surface area contributed by atoms with Crippen LogP contribution in [0.15, 0.2) is 11.1 Å². The van der Waals surface area contributed by atoms with Crippen molar-refractivity contribution in [1.29, 1.82) is 0 Å². The molecule has 2 N–H and O–H groups in total. The van der Waals surface area contributed by atoms with Gasteiger partial charge < -0.3 is 15.3 Å². The van der Waals surface area contributed by atoms with Crippen LogP contribution in [0, 0.1) is 0 Å². The minimum atomic E-state index is -0.820. The molecule has 0 bridgehead atoms. The van der Waals surface area contributed by atoms with Crippen LogP contribution in [0.2, 0.25) is 0 Å². The highest BCUT2D eigenvalue weighted by Crippen LogP contribution is 2.11. The summed E-state index contributed by atoms with van der Waals surface area (Å²) in [4.78, 5) is 23.8. The van der Waals surface area contributed by atoms with Crippen molar-refractivity contribution in [2.45, 2.75) is 19.8 Å². The van der Waals surface area contributed by atoms with Crippen LogP contribution in [0.1, 0.15) is 19.8 Å². The van der Waals surface area contributed by atoms with E-state index < -0.39 is 5.97 Å². The fourth-order valence-corrected chi connectivity index (χ4v) is 1.52. The van der Waals surface area contributed by atoms with Gasteiger partial charge in [0.2, 0.25) is 5.91 Å². The van der Waals surface area contributed by atoms with Gasteiger partial charge in [0.1, 0.15) is 0 Å². The van der Waals surface area contributed by atoms with Gasteiger partial charge in [-0.05, 0) is 18.9 Å². The van der Waals surface area contributed by atoms with E-state index in [2.05, 4.69) is 5.32 Å². The summed E-state index contributed by atoms with van der Waals surface area (Å²) < 4.78 is 0. The van der Waals surface area contributed by atoms with Gasteiger partial charge in [-0.2, -0.15) is 0 Å². The molecule has 1 aliphatic heterocycles. The molecule has 16 heavy (non-hydrogen) atoms. The molecule has 1 heterocycles. The van der Waals surface area contributed by atoms with Crippen molar-refractivity contribution < 1.29 is 14.7 Å². The van der Waals surface area contributed by atoms with Gasteiger partial charge in [0.05, 0.1) is 0 Å². The molecule has 1 saturated heterocycles. The molecular weight excluding hydrogens is 208 g/mol. The van der Waals surface area contributed by atoms with E-state index >= 15 is 0 Å². The molecule has 0 radical (unpaired) electrons. The number of nitrogens with zero attached hydrogens (tertiary/aromatic N) is 1. The Morgan fingerprint density at radius 1 is 1.44 bits per heavy atom. The maximum Gasteiger partial charge on any atom is 0.303 e. The van der Waals surface area contributed by atoms with Crippen molar-refractivity contribution in [1.82, 2.24) is 10.2 Å². The maximum atomic E-state index is 11.8. The SMILES string of the molecule is CC(C(=O)N(C)CCCC(=O)O)=C1CNC1. The van der Waals surface area contributed by atoms with E-state index in [1.165, 1.54) is 0 Å². The van der Waals surface area contributed by atoms with Crippen molar-refractivity contribution in [3.05, 3.63) is 11.1 Å². The van der Waals surface area contributed by atoms with E-state index in [0.717, 1.165) is 24.2 Å². The highest BCUT2D eigenvalue weighted by Gasteiger charge is 2.18. The summed E-state index contributed by atoms with van der Waals surface area (Å²) in [6.45, 7) is 3.90. The molecular formula is C11H18N2O3. The molecule has 0 spiro atoms. The first-order chi connectivity index (χ1) is 7.52. The van der Waals surface area contributed by atoms with Gasteiger partial charge in [-0.15, -0.1) is 0 Å². The topological polar surface area (TPSA) is 69.6 Å². The second-order valence-corrected chi connectivity index (χ2v) is 4.06. The molecule has 5 heteroatoms. The van der Waals surface area contributed by atoms with Crippen molar-refractivity contribution in [2.24, 2.45) is 0 Å². The van der Waals surface area contributed by atoms with Gasteiger partial charge in [-0.25, -0.2) is 0 Å². The first-order valence-corrected chi connectivity index (χ1v) is 5.39. The molecule has 0 aromatic rings. The summed E-state index contributed by atoms with van der Waals surface area (Å²) in [5.41, 5.74) is 1.94. The number of amides is 1. The third kappa shape index (κ3) is 3.34. The van der Waals surface area contributed by atoms with E-state index in [0.29, 0.717) is 13.0 Å². The van der Waals surface area contributed by atoms with Crippen molar-refractivity contribution in [3.8, 4) is 0 Å². The molecule has 0 aliphatic carbocycles. The van der Waals surface area contributed by atoms with Crippen molar-refractivity contribution >= 4 is 11.9 Å². The quantitative estimate of drug-likeness (QED) is 0.658. The van der Waals surface area contributed by atoms with Gasteiger partial charge >= 0.3 is 5.97 Å². The Kier molecular flexibility index (Phi) is 4.49. The fraction of sp³-hybridized carbons (Fsp3) is 0.636. The molecule has 0 saturated carbocycles. The van der Waals surface area contributed by atoms with Gasteiger partial charge in [-0.1, -0.05) is 0 Å². The maximum absolute atomic E-state index is 11.8. The van der Waals surface area contributed by atoms with Gasteiger partial charge in [-0.3, -0.25) is 9.59 Å². The predicted molar refractivity (Wildman–Crippen MR) is 60.1 cm³/mol. The van der Waals surface area contributed by atoms with E-state index in [1.807, 2.05) is 6.92 Å². The van der Waals surface area contributed by atoms with Crippen LogP contribution in [0.3, 0.4) is 0 Å². The molecule has 0 aromatic heterocycles. The zero-order valence-electron chi connectivity index (χ0n) is 9.75. The van der Waals surface area contributed by atoms with Crippen LogP contribution in [0.5, 0.6) is 0 Å². The first kappa shape index (κ1) is 12.7. The number of carboxylic acids is 1. The third-order valence-corrected chi connectivity index (χ3v) is 2.76. The number of aliphatic carboxylic acids is 1. The Labute approximate surface area is 95.1 Å². The van der Waals surface area contributed by atoms with Crippen molar-refractivity contribution in [2.75, 3.05) is 26.7 Å². The Morgan fingerprint density at radius 3 is 2.50 bits per heavy atom. The van der Waals surface area contributed by atoms with E-state index in [1.54, 1.807) is 11.9 Å². The molecule has 1 fully saturated rings. The molecule has 0 unspecified atom stereocenters. The molecule has 1 aliphatic rings. The molecule has 1 amide bonds. The smallest absolute Gasteiger partial charge is 0.303 e. The van der Waals surface area contributed by atoms with E-state index in [4.69, 9.17) is 5.11 Å². The lowest BCUT2D eigenvalue weighted by Crippen LogP contribution is -2.38. The Bertz CT molecular complexity index is 317.